The molecule has 0 spiro atoms. The minimum Gasteiger partial charge on any atom is -0.388 e. The van der Waals surface area contributed by atoms with E-state index in [-0.39, 0.29) is 5.92 Å². The molecule has 1 aromatic carbocycles. The van der Waals surface area contributed by atoms with Crippen molar-refractivity contribution in [1.82, 2.24) is 9.36 Å². The van der Waals surface area contributed by atoms with Crippen molar-refractivity contribution in [3.63, 3.8) is 0 Å². The Hall–Kier alpha value is -1.46. The highest BCUT2D eigenvalue weighted by Crippen LogP contribution is 2.23. The SMILES string of the molecule is CCC(C)C(C)(O)CNc1nc(-c2ccccc2)ns1. The van der Waals surface area contributed by atoms with E-state index in [1.807, 2.05) is 37.3 Å². The fraction of sp³-hybridized carbons (Fsp3) is 0.467. The Kier molecular flexibility index (Phi) is 4.73. The first-order chi connectivity index (χ1) is 9.53. The van der Waals surface area contributed by atoms with Gasteiger partial charge in [-0.2, -0.15) is 9.36 Å². The number of hydrogen-bond acceptors (Lipinski definition) is 5. The molecule has 2 aromatic rings. The molecule has 0 aliphatic carbocycles. The van der Waals surface area contributed by atoms with Crippen LogP contribution in [-0.2, 0) is 0 Å². The molecule has 2 atom stereocenters. The summed E-state index contributed by atoms with van der Waals surface area (Å²) in [5, 5.41) is 14.3. The second-order valence-corrected chi connectivity index (χ2v) is 6.06. The van der Waals surface area contributed by atoms with Gasteiger partial charge in [-0.1, -0.05) is 50.6 Å². The lowest BCUT2D eigenvalue weighted by molar-refractivity contribution is 0.0176. The lowest BCUT2D eigenvalue weighted by atomic mass is 9.89. The quantitative estimate of drug-likeness (QED) is 0.856. The van der Waals surface area contributed by atoms with Crippen molar-refractivity contribution in [2.45, 2.75) is 32.8 Å². The molecular weight excluding hydrogens is 270 g/mol. The summed E-state index contributed by atoms with van der Waals surface area (Å²) in [4.78, 5) is 4.45. The molecule has 0 radical (unpaired) electrons. The van der Waals surface area contributed by atoms with E-state index in [0.717, 1.165) is 22.9 Å². The van der Waals surface area contributed by atoms with Crippen molar-refractivity contribution in [3.8, 4) is 11.4 Å². The molecule has 0 fully saturated rings. The van der Waals surface area contributed by atoms with E-state index in [0.29, 0.717) is 6.54 Å². The third-order valence-electron chi connectivity index (χ3n) is 3.73. The van der Waals surface area contributed by atoms with Crippen LogP contribution in [0.15, 0.2) is 30.3 Å². The normalized spacial score (nSPS) is 15.6. The molecule has 0 amide bonds. The Labute approximate surface area is 124 Å². The molecule has 20 heavy (non-hydrogen) atoms. The highest BCUT2D eigenvalue weighted by molar-refractivity contribution is 7.09. The summed E-state index contributed by atoms with van der Waals surface area (Å²) in [6.07, 6.45) is 0.945. The predicted octanol–water partition coefficient (Wildman–Crippen LogP) is 3.41. The monoisotopic (exact) mass is 291 g/mol. The Balaban J connectivity index is 2.00. The first-order valence-electron chi connectivity index (χ1n) is 6.88. The summed E-state index contributed by atoms with van der Waals surface area (Å²) in [7, 11) is 0. The molecule has 0 aliphatic rings. The smallest absolute Gasteiger partial charge is 0.202 e. The maximum atomic E-state index is 10.4. The Bertz CT molecular complexity index is 539. The van der Waals surface area contributed by atoms with Crippen molar-refractivity contribution in [1.29, 1.82) is 0 Å². The molecule has 2 N–H and O–H groups in total. The third kappa shape index (κ3) is 3.55. The molecular formula is C15H21N3OS. The van der Waals surface area contributed by atoms with Gasteiger partial charge in [-0.25, -0.2) is 0 Å². The van der Waals surface area contributed by atoms with Gasteiger partial charge in [0, 0.05) is 23.6 Å². The van der Waals surface area contributed by atoms with E-state index in [1.165, 1.54) is 11.5 Å². The summed E-state index contributed by atoms with van der Waals surface area (Å²) in [6, 6.07) is 9.88. The maximum absolute atomic E-state index is 10.4. The molecule has 5 heteroatoms. The van der Waals surface area contributed by atoms with Gasteiger partial charge in [0.25, 0.3) is 0 Å². The van der Waals surface area contributed by atoms with Crippen LogP contribution in [0.2, 0.25) is 0 Å². The van der Waals surface area contributed by atoms with Crippen LogP contribution >= 0.6 is 11.5 Å². The van der Waals surface area contributed by atoms with Crippen LogP contribution in [0.3, 0.4) is 0 Å². The average molecular weight is 291 g/mol. The van der Waals surface area contributed by atoms with Crippen LogP contribution in [0.4, 0.5) is 5.13 Å². The van der Waals surface area contributed by atoms with Crippen LogP contribution in [0, 0.1) is 5.92 Å². The van der Waals surface area contributed by atoms with Gasteiger partial charge in [0.15, 0.2) is 5.82 Å². The summed E-state index contributed by atoms with van der Waals surface area (Å²) in [5.41, 5.74) is 0.262. The van der Waals surface area contributed by atoms with Crippen molar-refractivity contribution in [3.05, 3.63) is 30.3 Å². The molecule has 108 valence electrons. The van der Waals surface area contributed by atoms with Gasteiger partial charge in [0.05, 0.1) is 5.60 Å². The number of nitrogens with zero attached hydrogens (tertiary/aromatic N) is 2. The topological polar surface area (TPSA) is 58.0 Å². The zero-order valence-corrected chi connectivity index (χ0v) is 12.9. The lowest BCUT2D eigenvalue weighted by Gasteiger charge is -2.29. The number of hydrogen-bond donors (Lipinski definition) is 2. The highest BCUT2D eigenvalue weighted by Gasteiger charge is 2.27. The zero-order chi connectivity index (χ0) is 14.6. The molecule has 2 unspecified atom stereocenters. The first-order valence-corrected chi connectivity index (χ1v) is 7.65. The molecule has 0 aliphatic heterocycles. The van der Waals surface area contributed by atoms with E-state index < -0.39 is 5.60 Å². The molecule has 0 saturated carbocycles. The standard InChI is InChI=1S/C15H21N3OS/c1-4-11(2)15(3,19)10-16-14-17-13(18-20-14)12-8-6-5-7-9-12/h5-9,11,19H,4,10H2,1-3H3,(H,16,17,18). The molecule has 1 heterocycles. The van der Waals surface area contributed by atoms with E-state index in [4.69, 9.17) is 0 Å². The van der Waals surface area contributed by atoms with Crippen LogP contribution in [0.25, 0.3) is 11.4 Å². The number of rotatable bonds is 6. The molecule has 0 saturated heterocycles. The Morgan fingerprint density at radius 3 is 2.70 bits per heavy atom. The van der Waals surface area contributed by atoms with Crippen LogP contribution in [0.5, 0.6) is 0 Å². The van der Waals surface area contributed by atoms with E-state index >= 15 is 0 Å². The van der Waals surface area contributed by atoms with Gasteiger partial charge in [-0.05, 0) is 12.8 Å². The second kappa shape index (κ2) is 6.33. The number of benzene rings is 1. The van der Waals surface area contributed by atoms with Crippen molar-refractivity contribution >= 4 is 16.7 Å². The minimum atomic E-state index is -0.743. The van der Waals surface area contributed by atoms with Gasteiger partial charge in [0.1, 0.15) is 0 Å². The first kappa shape index (κ1) is 14.9. The number of nitrogens with one attached hydrogen (secondary N) is 1. The van der Waals surface area contributed by atoms with E-state index in [9.17, 15) is 5.11 Å². The maximum Gasteiger partial charge on any atom is 0.202 e. The molecule has 1 aromatic heterocycles. The van der Waals surface area contributed by atoms with Gasteiger partial charge >= 0.3 is 0 Å². The Morgan fingerprint density at radius 2 is 2.05 bits per heavy atom. The number of aliphatic hydroxyl groups is 1. The number of aromatic nitrogens is 2. The van der Waals surface area contributed by atoms with Crippen LogP contribution in [-0.4, -0.2) is 26.6 Å². The predicted molar refractivity (Wildman–Crippen MR) is 83.9 cm³/mol. The third-order valence-corrected chi connectivity index (χ3v) is 4.40. The van der Waals surface area contributed by atoms with Crippen molar-refractivity contribution in [2.75, 3.05) is 11.9 Å². The average Bonchev–Trinajstić information content (AvgIpc) is 2.94. The summed E-state index contributed by atoms with van der Waals surface area (Å²) in [6.45, 7) is 6.47. The Morgan fingerprint density at radius 1 is 1.35 bits per heavy atom. The van der Waals surface area contributed by atoms with Crippen molar-refractivity contribution < 1.29 is 5.11 Å². The number of anilines is 1. The van der Waals surface area contributed by atoms with Gasteiger partial charge < -0.3 is 10.4 Å². The summed E-state index contributed by atoms with van der Waals surface area (Å²) < 4.78 is 4.34. The lowest BCUT2D eigenvalue weighted by Crippen LogP contribution is -2.39. The fourth-order valence-corrected chi connectivity index (χ4v) is 2.45. The summed E-state index contributed by atoms with van der Waals surface area (Å²) in [5.74, 6) is 0.956. The van der Waals surface area contributed by atoms with Gasteiger partial charge in [0.2, 0.25) is 5.13 Å². The van der Waals surface area contributed by atoms with Crippen LogP contribution in [0.1, 0.15) is 27.2 Å². The van der Waals surface area contributed by atoms with Crippen molar-refractivity contribution in [2.24, 2.45) is 5.92 Å². The molecule has 2 rings (SSSR count). The van der Waals surface area contributed by atoms with Crippen LogP contribution < -0.4 is 5.32 Å². The van der Waals surface area contributed by atoms with Gasteiger partial charge in [-0.3, -0.25) is 0 Å². The fourth-order valence-electron chi connectivity index (χ4n) is 1.87. The largest absolute Gasteiger partial charge is 0.388 e. The molecule has 0 bridgehead atoms. The highest BCUT2D eigenvalue weighted by atomic mass is 32.1. The summed E-state index contributed by atoms with van der Waals surface area (Å²) >= 11 is 1.32. The minimum absolute atomic E-state index is 0.233. The van der Waals surface area contributed by atoms with E-state index in [1.54, 1.807) is 0 Å². The van der Waals surface area contributed by atoms with Gasteiger partial charge in [-0.15, -0.1) is 0 Å². The second-order valence-electron chi connectivity index (χ2n) is 5.31. The van der Waals surface area contributed by atoms with E-state index in [2.05, 4.69) is 28.5 Å². The zero-order valence-electron chi connectivity index (χ0n) is 12.1. The molecule has 4 nitrogen and oxygen atoms in total.